The molecule has 0 bridgehead atoms. The van der Waals surface area contributed by atoms with Crippen LogP contribution in [0.4, 0.5) is 13.2 Å². The summed E-state index contributed by atoms with van der Waals surface area (Å²) in [7, 11) is 3.41. The predicted molar refractivity (Wildman–Crippen MR) is 87.4 cm³/mol. The zero-order valence-electron chi connectivity index (χ0n) is 14.2. The Morgan fingerprint density at radius 1 is 1.33 bits per heavy atom. The molecule has 0 saturated carbocycles. The van der Waals surface area contributed by atoms with E-state index in [-0.39, 0.29) is 25.5 Å². The smallest absolute Gasteiger partial charge is 0.276 e. The Hall–Kier alpha value is -1.76. The number of carbonyl (C=O) groups excluding carboxylic acids is 1. The van der Waals surface area contributed by atoms with Crippen LogP contribution in [0, 0.1) is 0 Å². The summed E-state index contributed by atoms with van der Waals surface area (Å²) in [6.45, 7) is -0.585. The SMILES string of the molecule is CN(C)C(=O)CNCCc1cccc(OCCCC(F)(F)CF)c1. The third-order valence-corrected chi connectivity index (χ3v) is 3.42. The zero-order valence-corrected chi connectivity index (χ0v) is 14.2. The van der Waals surface area contributed by atoms with E-state index in [0.29, 0.717) is 12.3 Å². The van der Waals surface area contributed by atoms with Gasteiger partial charge in [-0.3, -0.25) is 4.79 Å². The van der Waals surface area contributed by atoms with Crippen molar-refractivity contribution in [2.24, 2.45) is 0 Å². The average Bonchev–Trinajstić information content (AvgIpc) is 2.55. The summed E-state index contributed by atoms with van der Waals surface area (Å²) >= 11 is 0. The van der Waals surface area contributed by atoms with E-state index >= 15 is 0 Å². The molecule has 0 aromatic heterocycles. The highest BCUT2D eigenvalue weighted by molar-refractivity contribution is 5.77. The van der Waals surface area contributed by atoms with Gasteiger partial charge in [0.1, 0.15) is 5.75 Å². The Balaban J connectivity index is 2.29. The van der Waals surface area contributed by atoms with Gasteiger partial charge in [-0.1, -0.05) is 12.1 Å². The van der Waals surface area contributed by atoms with Crippen LogP contribution in [0.5, 0.6) is 5.75 Å². The fraction of sp³-hybridized carbons (Fsp3) is 0.588. The van der Waals surface area contributed by atoms with Gasteiger partial charge in [-0.15, -0.1) is 0 Å². The molecule has 0 aliphatic heterocycles. The number of likely N-dealkylation sites (N-methyl/N-ethyl adjacent to an activating group) is 1. The zero-order chi connectivity index (χ0) is 18.0. The summed E-state index contributed by atoms with van der Waals surface area (Å²) in [4.78, 5) is 12.9. The third-order valence-electron chi connectivity index (χ3n) is 3.42. The molecule has 136 valence electrons. The van der Waals surface area contributed by atoms with E-state index in [1.165, 1.54) is 4.90 Å². The highest BCUT2D eigenvalue weighted by Crippen LogP contribution is 2.21. The molecule has 0 unspecified atom stereocenters. The van der Waals surface area contributed by atoms with Gasteiger partial charge in [0.15, 0.2) is 6.67 Å². The summed E-state index contributed by atoms with van der Waals surface area (Å²) in [5.74, 6) is -2.65. The molecule has 4 nitrogen and oxygen atoms in total. The fourth-order valence-corrected chi connectivity index (χ4v) is 1.96. The van der Waals surface area contributed by atoms with Crippen molar-refractivity contribution in [3.63, 3.8) is 0 Å². The van der Waals surface area contributed by atoms with E-state index in [2.05, 4.69) is 5.32 Å². The Kier molecular flexibility index (Phi) is 8.60. The number of amides is 1. The molecule has 0 saturated heterocycles. The lowest BCUT2D eigenvalue weighted by atomic mass is 10.1. The van der Waals surface area contributed by atoms with E-state index in [9.17, 15) is 18.0 Å². The second-order valence-corrected chi connectivity index (χ2v) is 5.80. The predicted octanol–water partition coefficient (Wildman–Crippen LogP) is 2.67. The van der Waals surface area contributed by atoms with E-state index in [4.69, 9.17) is 4.74 Å². The van der Waals surface area contributed by atoms with Crippen molar-refractivity contribution in [1.29, 1.82) is 0 Å². The molecule has 24 heavy (non-hydrogen) atoms. The van der Waals surface area contributed by atoms with Crippen LogP contribution < -0.4 is 10.1 Å². The summed E-state index contributed by atoms with van der Waals surface area (Å²) in [6.07, 6.45) is 0.292. The molecule has 0 heterocycles. The van der Waals surface area contributed by atoms with Crippen molar-refractivity contribution in [3.05, 3.63) is 29.8 Å². The Morgan fingerprint density at radius 2 is 2.08 bits per heavy atom. The lowest BCUT2D eigenvalue weighted by Crippen LogP contribution is -2.33. The van der Waals surface area contributed by atoms with Gasteiger partial charge in [0.25, 0.3) is 5.92 Å². The van der Waals surface area contributed by atoms with E-state index in [1.54, 1.807) is 20.2 Å². The molecule has 0 radical (unpaired) electrons. The topological polar surface area (TPSA) is 41.6 Å². The van der Waals surface area contributed by atoms with Crippen molar-refractivity contribution >= 4 is 5.91 Å². The van der Waals surface area contributed by atoms with Crippen molar-refractivity contribution in [1.82, 2.24) is 10.2 Å². The number of rotatable bonds is 11. The van der Waals surface area contributed by atoms with Crippen LogP contribution >= 0.6 is 0 Å². The van der Waals surface area contributed by atoms with Gasteiger partial charge in [-0.05, 0) is 37.1 Å². The lowest BCUT2D eigenvalue weighted by molar-refractivity contribution is -0.127. The number of alkyl halides is 3. The first-order valence-electron chi connectivity index (χ1n) is 7.90. The molecule has 1 aromatic carbocycles. The maximum atomic E-state index is 12.8. The number of carbonyl (C=O) groups is 1. The minimum Gasteiger partial charge on any atom is -0.494 e. The molecule has 0 spiro atoms. The van der Waals surface area contributed by atoms with E-state index in [1.807, 2.05) is 18.2 Å². The molecule has 1 aromatic rings. The molecule has 1 rings (SSSR count). The normalized spacial score (nSPS) is 11.4. The van der Waals surface area contributed by atoms with Gasteiger partial charge < -0.3 is 15.0 Å². The Labute approximate surface area is 141 Å². The van der Waals surface area contributed by atoms with E-state index in [0.717, 1.165) is 12.0 Å². The van der Waals surface area contributed by atoms with Crippen LogP contribution in [0.3, 0.4) is 0 Å². The third kappa shape index (κ3) is 8.19. The summed E-state index contributed by atoms with van der Waals surface area (Å²) in [5.41, 5.74) is 1.02. The van der Waals surface area contributed by atoms with Gasteiger partial charge in [0.2, 0.25) is 5.91 Å². The molecular formula is C17H25F3N2O2. The molecule has 1 N–H and O–H groups in total. The maximum absolute atomic E-state index is 12.8. The standard InChI is InChI=1S/C17H25F3N2O2/c1-22(2)16(23)12-21-9-7-14-5-3-6-15(11-14)24-10-4-8-17(19,20)13-18/h3,5-6,11,21H,4,7-10,12-13H2,1-2H3. The quantitative estimate of drug-likeness (QED) is 0.627. The summed E-state index contributed by atoms with van der Waals surface area (Å²) in [6, 6.07) is 7.34. The van der Waals surface area contributed by atoms with Crippen LogP contribution in [0.2, 0.25) is 0 Å². The number of nitrogens with one attached hydrogen (secondary N) is 1. The maximum Gasteiger partial charge on any atom is 0.276 e. The van der Waals surface area contributed by atoms with Crippen LogP contribution in [-0.2, 0) is 11.2 Å². The molecule has 7 heteroatoms. The van der Waals surface area contributed by atoms with Gasteiger partial charge in [0.05, 0.1) is 13.2 Å². The highest BCUT2D eigenvalue weighted by Gasteiger charge is 2.27. The van der Waals surface area contributed by atoms with Crippen molar-refractivity contribution in [2.45, 2.75) is 25.2 Å². The minimum atomic E-state index is -3.26. The molecule has 0 atom stereocenters. The fourth-order valence-electron chi connectivity index (χ4n) is 1.96. The summed E-state index contributed by atoms with van der Waals surface area (Å²) in [5, 5.41) is 3.06. The molecular weight excluding hydrogens is 321 g/mol. The average molecular weight is 346 g/mol. The first-order valence-corrected chi connectivity index (χ1v) is 7.90. The van der Waals surface area contributed by atoms with Crippen LogP contribution in [0.25, 0.3) is 0 Å². The lowest BCUT2D eigenvalue weighted by Gasteiger charge is -2.13. The van der Waals surface area contributed by atoms with Gasteiger partial charge in [0, 0.05) is 20.5 Å². The molecule has 0 aliphatic carbocycles. The largest absolute Gasteiger partial charge is 0.494 e. The minimum absolute atomic E-state index is 0.0113. The first kappa shape index (κ1) is 20.3. The van der Waals surface area contributed by atoms with Crippen molar-refractivity contribution < 1.29 is 22.7 Å². The monoisotopic (exact) mass is 346 g/mol. The number of halogens is 3. The van der Waals surface area contributed by atoms with E-state index < -0.39 is 19.0 Å². The number of hydrogen-bond donors (Lipinski definition) is 1. The van der Waals surface area contributed by atoms with Crippen LogP contribution in [-0.4, -0.2) is 57.2 Å². The number of benzene rings is 1. The van der Waals surface area contributed by atoms with Crippen LogP contribution in [0.15, 0.2) is 24.3 Å². The van der Waals surface area contributed by atoms with Gasteiger partial charge >= 0.3 is 0 Å². The Bertz CT molecular complexity index is 510. The van der Waals surface area contributed by atoms with Crippen molar-refractivity contribution in [2.75, 3.05) is 40.5 Å². The van der Waals surface area contributed by atoms with Crippen molar-refractivity contribution in [3.8, 4) is 5.75 Å². The number of ether oxygens (including phenoxy) is 1. The number of nitrogens with zero attached hydrogens (tertiary/aromatic N) is 1. The van der Waals surface area contributed by atoms with Crippen LogP contribution in [0.1, 0.15) is 18.4 Å². The molecule has 0 fully saturated rings. The molecule has 0 aliphatic rings. The molecule has 1 amide bonds. The Morgan fingerprint density at radius 3 is 2.75 bits per heavy atom. The van der Waals surface area contributed by atoms with Gasteiger partial charge in [-0.2, -0.15) is 0 Å². The second-order valence-electron chi connectivity index (χ2n) is 5.80. The summed E-state index contributed by atoms with van der Waals surface area (Å²) < 4.78 is 42.9. The highest BCUT2D eigenvalue weighted by atomic mass is 19.3. The van der Waals surface area contributed by atoms with Gasteiger partial charge in [-0.25, -0.2) is 13.2 Å². The number of hydrogen-bond acceptors (Lipinski definition) is 3. The first-order chi connectivity index (χ1) is 11.3. The second kappa shape index (κ2) is 10.2.